The zero-order valence-corrected chi connectivity index (χ0v) is 14.5. The summed E-state index contributed by atoms with van der Waals surface area (Å²) >= 11 is 0. The second kappa shape index (κ2) is 7.17. The van der Waals surface area contributed by atoms with E-state index in [0.29, 0.717) is 0 Å². The number of hydrogen-bond donors (Lipinski definition) is 0. The van der Waals surface area contributed by atoms with Gasteiger partial charge in [0.2, 0.25) is 0 Å². The van der Waals surface area contributed by atoms with Crippen LogP contribution in [-0.4, -0.2) is 47.8 Å². The van der Waals surface area contributed by atoms with Crippen LogP contribution in [0.5, 0.6) is 0 Å². The third kappa shape index (κ3) is 6.04. The summed E-state index contributed by atoms with van der Waals surface area (Å²) in [6, 6.07) is 0. The molecule has 0 atom stereocenters. The van der Waals surface area contributed by atoms with Crippen LogP contribution >= 0.6 is 0 Å². The summed E-state index contributed by atoms with van der Waals surface area (Å²) in [5.41, 5.74) is -19.7. The van der Waals surface area contributed by atoms with Crippen LogP contribution in [0.1, 0.15) is 13.3 Å². The minimum absolute atomic E-state index is 0.184. The van der Waals surface area contributed by atoms with Crippen LogP contribution in [0.2, 0.25) is 0 Å². The molecule has 0 N–H and O–H groups in total. The van der Waals surface area contributed by atoms with Gasteiger partial charge in [0.05, 0.1) is 0 Å². The van der Waals surface area contributed by atoms with Crippen LogP contribution < -0.4 is 0 Å². The predicted octanol–water partition coefficient (Wildman–Crippen LogP) is 1.65. The Morgan fingerprint density at radius 2 is 0.741 bits per heavy atom. The van der Waals surface area contributed by atoms with E-state index in [0.717, 1.165) is 0 Å². The molecule has 0 aromatic rings. The van der Waals surface area contributed by atoms with E-state index in [9.17, 15) is 64.8 Å². The largest absolute Gasteiger partial charge is 0.523 e. The maximum Gasteiger partial charge on any atom is 0.523 e. The smallest absolute Gasteiger partial charge is 0.199 e. The van der Waals surface area contributed by atoms with Gasteiger partial charge in [-0.2, -0.15) is 77.3 Å². The summed E-state index contributed by atoms with van der Waals surface area (Å²) < 4.78 is 184. The highest BCUT2D eigenvalue weighted by Crippen LogP contribution is 2.39. The lowest BCUT2D eigenvalue weighted by atomic mass is 10.4. The summed E-state index contributed by atoms with van der Waals surface area (Å²) in [6.45, 7) is 0.184. The molecule has 0 unspecified atom stereocenters. The lowest BCUT2D eigenvalue weighted by Crippen LogP contribution is -2.50. The van der Waals surface area contributed by atoms with Crippen LogP contribution in [0.3, 0.4) is 0 Å². The highest BCUT2D eigenvalue weighted by molar-refractivity contribution is 7.89. The van der Waals surface area contributed by atoms with Gasteiger partial charge in [-0.05, 0) is 0 Å². The van der Waals surface area contributed by atoms with Gasteiger partial charge in [0.1, 0.15) is 0 Å². The van der Waals surface area contributed by atoms with Crippen LogP contribution in [-0.2, 0) is 42.9 Å². The van der Waals surface area contributed by atoms with Crippen LogP contribution in [0, 0.1) is 0 Å². The van der Waals surface area contributed by atoms with E-state index in [-0.39, 0.29) is 6.92 Å². The lowest BCUT2D eigenvalue weighted by Gasteiger charge is -2.30. The van der Waals surface area contributed by atoms with E-state index in [1.54, 1.807) is 0 Å². The Hall–Kier alpha value is -0.900. The van der Waals surface area contributed by atoms with Gasteiger partial charge in [-0.3, -0.25) is 0 Å². The molecule has 0 aromatic heterocycles. The van der Waals surface area contributed by atoms with Gasteiger partial charge in [-0.25, -0.2) is 0 Å². The second-order valence-electron chi connectivity index (χ2n) is 3.99. The molecule has 0 aliphatic heterocycles. The quantitative estimate of drug-likeness (QED) is 0.227. The van der Waals surface area contributed by atoms with Crippen molar-refractivity contribution >= 4 is 30.4 Å². The number of halogens is 9. The van der Waals surface area contributed by atoms with Gasteiger partial charge in [-0.1, -0.05) is 6.92 Å². The van der Waals surface area contributed by atoms with E-state index in [1.165, 1.54) is 0 Å². The number of rotatable bonds is 7. The maximum absolute atomic E-state index is 12.3. The highest BCUT2D eigenvalue weighted by atomic mass is 32.2. The molecular weight excluding hydrogens is 483 g/mol. The van der Waals surface area contributed by atoms with E-state index in [4.69, 9.17) is 0 Å². The molecule has 164 valence electrons. The molecule has 0 saturated carbocycles. The molecule has 0 amide bonds. The zero-order valence-electron chi connectivity index (χ0n) is 12.0. The first-order valence-electron chi connectivity index (χ1n) is 5.49. The van der Waals surface area contributed by atoms with E-state index in [1.807, 2.05) is 0 Å². The summed E-state index contributed by atoms with van der Waals surface area (Å²) in [5.74, 6) is -5.06. The normalized spacial score (nSPS) is 15.8. The molecule has 0 radical (unpaired) electrons. The second-order valence-corrected chi connectivity index (χ2v) is 8.60. The minimum Gasteiger partial charge on any atom is -0.199 e. The summed E-state index contributed by atoms with van der Waals surface area (Å²) in [6.07, 6.45) is -2.03. The average Bonchev–Trinajstić information content (AvgIpc) is 2.32. The van der Waals surface area contributed by atoms with Crippen molar-refractivity contribution in [1.29, 1.82) is 0 Å². The van der Waals surface area contributed by atoms with Crippen LogP contribution in [0.15, 0.2) is 0 Å². The molecule has 9 nitrogen and oxygen atoms in total. The molecule has 0 fully saturated rings. The standard InChI is InChI=1S/C6H5F9O9S3/c1-2-3(22-25(16,17)4(7,8)9,23-26(18,19)5(10,11)12)24-27(20,21)6(13,14)15/h2H2,1H3. The van der Waals surface area contributed by atoms with Crippen molar-refractivity contribution in [3.63, 3.8) is 0 Å². The Bertz CT molecular complexity index is 734. The van der Waals surface area contributed by atoms with Gasteiger partial charge in [0.15, 0.2) is 0 Å². The highest BCUT2D eigenvalue weighted by Gasteiger charge is 2.62. The number of hydrogen-bond acceptors (Lipinski definition) is 9. The van der Waals surface area contributed by atoms with Gasteiger partial charge in [-0.15, -0.1) is 0 Å². The first-order chi connectivity index (χ1) is 11.4. The van der Waals surface area contributed by atoms with Crippen molar-refractivity contribution in [3.05, 3.63) is 0 Å². The van der Waals surface area contributed by atoms with Crippen molar-refractivity contribution in [2.45, 2.75) is 35.8 Å². The fourth-order valence-corrected chi connectivity index (χ4v) is 2.83. The lowest BCUT2D eigenvalue weighted by molar-refractivity contribution is -0.262. The van der Waals surface area contributed by atoms with Gasteiger partial charge in [0, 0.05) is 6.42 Å². The molecule has 0 aromatic carbocycles. The number of alkyl halides is 9. The third-order valence-corrected chi connectivity index (χ3v) is 5.11. The van der Waals surface area contributed by atoms with E-state index in [2.05, 4.69) is 12.5 Å². The first kappa shape index (κ1) is 26.1. The summed E-state index contributed by atoms with van der Waals surface area (Å²) in [5, 5.41) is 0. The molecule has 21 heteroatoms. The van der Waals surface area contributed by atoms with Crippen molar-refractivity contribution in [2.24, 2.45) is 0 Å². The monoisotopic (exact) mass is 488 g/mol. The third-order valence-electron chi connectivity index (χ3n) is 1.99. The van der Waals surface area contributed by atoms with Gasteiger partial charge < -0.3 is 0 Å². The topological polar surface area (TPSA) is 130 Å². The molecule has 0 aliphatic carbocycles. The molecule has 0 heterocycles. The molecular formula is C6H5F9O9S3. The van der Waals surface area contributed by atoms with E-state index < -0.39 is 59.3 Å². The molecule has 0 bridgehead atoms. The van der Waals surface area contributed by atoms with E-state index >= 15 is 0 Å². The average molecular weight is 488 g/mol. The van der Waals surface area contributed by atoms with Crippen molar-refractivity contribution in [3.8, 4) is 0 Å². The van der Waals surface area contributed by atoms with Crippen molar-refractivity contribution in [1.82, 2.24) is 0 Å². The molecule has 0 aliphatic rings. The van der Waals surface area contributed by atoms with Gasteiger partial charge in [0.25, 0.3) is 0 Å². The molecule has 0 spiro atoms. The van der Waals surface area contributed by atoms with Crippen LogP contribution in [0.25, 0.3) is 0 Å². The molecule has 0 saturated heterocycles. The maximum atomic E-state index is 12.3. The van der Waals surface area contributed by atoms with Crippen LogP contribution in [0.4, 0.5) is 39.5 Å². The Morgan fingerprint density at radius 3 is 0.852 bits per heavy atom. The Labute approximate surface area is 144 Å². The van der Waals surface area contributed by atoms with Crippen molar-refractivity contribution in [2.75, 3.05) is 0 Å². The summed E-state index contributed by atoms with van der Waals surface area (Å²) in [7, 11) is -21.7. The van der Waals surface area contributed by atoms with Crippen molar-refractivity contribution < 1.29 is 77.3 Å². The summed E-state index contributed by atoms with van der Waals surface area (Å²) in [4.78, 5) is 0. The fraction of sp³-hybridized carbons (Fsp3) is 1.00. The predicted molar refractivity (Wildman–Crippen MR) is 61.2 cm³/mol. The minimum atomic E-state index is -7.22. The fourth-order valence-electron chi connectivity index (χ4n) is 0.862. The Balaban J connectivity index is 6.56. The molecule has 0 rings (SSSR count). The Morgan fingerprint density at radius 1 is 0.556 bits per heavy atom. The Kier molecular flexibility index (Phi) is 6.93. The van der Waals surface area contributed by atoms with Gasteiger partial charge >= 0.3 is 52.9 Å². The first-order valence-corrected chi connectivity index (χ1v) is 9.71. The SMILES string of the molecule is CCC(OS(=O)(=O)C(F)(F)F)(OS(=O)(=O)C(F)(F)F)OS(=O)(=O)C(F)(F)F. The zero-order chi connectivity index (χ0) is 22.3. The molecule has 27 heavy (non-hydrogen) atoms.